The average Bonchev–Trinajstić information content (AvgIpc) is 2.37. The van der Waals surface area contributed by atoms with Gasteiger partial charge in [-0.25, -0.2) is 0 Å². The van der Waals surface area contributed by atoms with Gasteiger partial charge in [-0.1, -0.05) is 34.5 Å². The van der Waals surface area contributed by atoms with Gasteiger partial charge in [0.1, 0.15) is 13.0 Å². The second kappa shape index (κ2) is 7.44. The number of benzene rings is 1. The highest BCUT2D eigenvalue weighted by atomic mass is 16.5. The molecular weight excluding hydrogens is 263 g/mol. The van der Waals surface area contributed by atoms with Crippen molar-refractivity contribution in [3.63, 3.8) is 0 Å². The van der Waals surface area contributed by atoms with Gasteiger partial charge in [-0.05, 0) is 41.4 Å². The monoisotopic (exact) mass is 288 g/mol. The number of Topliss-reactive ketones (excluding diaryl/α,β-unsaturated/α-hetero) is 1. The molecule has 0 atom stereocenters. The largest absolute Gasteiger partial charge is 0.426 e. The molecule has 0 N–H and O–H groups in total. The van der Waals surface area contributed by atoms with Crippen LogP contribution < -0.4 is 4.74 Å². The molecule has 0 aliphatic rings. The Kier molecular flexibility index (Phi) is 6.19. The molecule has 0 aliphatic heterocycles. The van der Waals surface area contributed by atoms with Gasteiger partial charge in [0.2, 0.25) is 0 Å². The Balaban J connectivity index is 3.48. The molecule has 1 rings (SSSR count). The fourth-order valence-electron chi connectivity index (χ4n) is 2.33. The van der Waals surface area contributed by atoms with Crippen LogP contribution in [-0.2, 0) is 4.79 Å². The summed E-state index contributed by atoms with van der Waals surface area (Å²) in [5.74, 6) is 0.820. The summed E-state index contributed by atoms with van der Waals surface area (Å²) in [5, 5.41) is 0. The molecule has 0 fully saturated rings. The van der Waals surface area contributed by atoms with E-state index < -0.39 is 0 Å². The third-order valence-corrected chi connectivity index (χ3v) is 3.44. The number of carbonyl (C=O) groups excluding carboxylic acids is 2. The van der Waals surface area contributed by atoms with E-state index in [0.717, 1.165) is 24.0 Å². The molecule has 0 saturated carbocycles. The molecule has 4 heteroatoms. The fraction of sp³-hybridized carbons (Fsp3) is 0.529. The summed E-state index contributed by atoms with van der Waals surface area (Å²) in [6, 6.07) is 3.76. The van der Waals surface area contributed by atoms with Crippen LogP contribution in [0, 0.1) is 0 Å². The summed E-state index contributed by atoms with van der Waals surface area (Å²) in [6.07, 6.45) is 0.544. The van der Waals surface area contributed by atoms with Crippen LogP contribution in [0.1, 0.15) is 67.9 Å². The van der Waals surface area contributed by atoms with E-state index >= 15 is 0 Å². The van der Waals surface area contributed by atoms with E-state index in [-0.39, 0.29) is 23.6 Å². The highest BCUT2D eigenvalue weighted by Crippen LogP contribution is 2.36. The molecule has 0 amide bonds. The van der Waals surface area contributed by atoms with Crippen molar-refractivity contribution in [2.24, 2.45) is 0 Å². The number of esters is 1. The van der Waals surface area contributed by atoms with Gasteiger partial charge in [-0.3, -0.25) is 9.59 Å². The van der Waals surface area contributed by atoms with Crippen LogP contribution in [0.25, 0.3) is 0 Å². The first-order chi connectivity index (χ1) is 9.77. The van der Waals surface area contributed by atoms with E-state index in [4.69, 9.17) is 4.74 Å². The molecule has 0 aromatic heterocycles. The predicted octanol–water partition coefficient (Wildman–Crippen LogP) is 3.94. The Hall–Kier alpha value is -1.58. The third kappa shape index (κ3) is 4.45. The van der Waals surface area contributed by atoms with Crippen molar-refractivity contribution in [2.45, 2.75) is 59.6 Å². The number of ether oxygens (including phenoxy) is 1. The Labute approximate surface area is 128 Å². The van der Waals surface area contributed by atoms with Crippen LogP contribution in [-0.4, -0.2) is 19.0 Å². The SMILES string of the molecule is CBCC(=O)c1cc(C(C)C)c(OC(C)=O)c(C(C)C)c1. The van der Waals surface area contributed by atoms with Crippen molar-refractivity contribution in [1.82, 2.24) is 0 Å². The number of hydrogen-bond acceptors (Lipinski definition) is 3. The van der Waals surface area contributed by atoms with Gasteiger partial charge in [0.15, 0.2) is 5.78 Å². The van der Waals surface area contributed by atoms with Gasteiger partial charge in [0.05, 0.1) is 0 Å². The summed E-state index contributed by atoms with van der Waals surface area (Å²) in [4.78, 5) is 23.6. The molecule has 0 bridgehead atoms. The molecule has 0 spiro atoms. The zero-order valence-electron chi connectivity index (χ0n) is 13.9. The first kappa shape index (κ1) is 17.5. The predicted molar refractivity (Wildman–Crippen MR) is 88.1 cm³/mol. The zero-order chi connectivity index (χ0) is 16.2. The maximum atomic E-state index is 12.2. The quantitative estimate of drug-likeness (QED) is 0.344. The van der Waals surface area contributed by atoms with E-state index in [0.29, 0.717) is 12.1 Å². The van der Waals surface area contributed by atoms with Crippen LogP contribution in [0.15, 0.2) is 12.1 Å². The minimum Gasteiger partial charge on any atom is -0.426 e. The van der Waals surface area contributed by atoms with Gasteiger partial charge in [-0.15, -0.1) is 0 Å². The maximum Gasteiger partial charge on any atom is 0.308 e. The van der Waals surface area contributed by atoms with Gasteiger partial charge in [-0.2, -0.15) is 0 Å². The zero-order valence-corrected chi connectivity index (χ0v) is 13.9. The topological polar surface area (TPSA) is 43.4 Å². The molecule has 114 valence electrons. The lowest BCUT2D eigenvalue weighted by molar-refractivity contribution is -0.132. The van der Waals surface area contributed by atoms with Crippen LogP contribution in [0.3, 0.4) is 0 Å². The maximum absolute atomic E-state index is 12.2. The first-order valence-corrected chi connectivity index (χ1v) is 7.67. The van der Waals surface area contributed by atoms with Crippen molar-refractivity contribution < 1.29 is 14.3 Å². The normalized spacial score (nSPS) is 10.9. The van der Waals surface area contributed by atoms with Gasteiger partial charge < -0.3 is 4.74 Å². The fourth-order valence-corrected chi connectivity index (χ4v) is 2.33. The van der Waals surface area contributed by atoms with E-state index in [1.807, 2.05) is 46.7 Å². The van der Waals surface area contributed by atoms with Crippen LogP contribution >= 0.6 is 0 Å². The molecular formula is C17H25BO3. The summed E-state index contributed by atoms with van der Waals surface area (Å²) in [7, 11) is 0.832. The smallest absolute Gasteiger partial charge is 0.308 e. The summed E-state index contributed by atoms with van der Waals surface area (Å²) in [6.45, 7) is 11.6. The molecule has 1 aromatic carbocycles. The van der Waals surface area contributed by atoms with E-state index in [1.165, 1.54) is 6.92 Å². The molecule has 1 aromatic rings. The van der Waals surface area contributed by atoms with Crippen molar-refractivity contribution in [1.29, 1.82) is 0 Å². The molecule has 21 heavy (non-hydrogen) atoms. The van der Waals surface area contributed by atoms with Crippen molar-refractivity contribution in [2.75, 3.05) is 0 Å². The van der Waals surface area contributed by atoms with E-state index in [2.05, 4.69) is 0 Å². The first-order valence-electron chi connectivity index (χ1n) is 7.67. The number of carbonyl (C=O) groups is 2. The molecule has 0 aliphatic carbocycles. The van der Waals surface area contributed by atoms with Gasteiger partial charge in [0, 0.05) is 12.5 Å². The second-order valence-corrected chi connectivity index (χ2v) is 6.06. The van der Waals surface area contributed by atoms with E-state index in [1.54, 1.807) is 0 Å². The lowest BCUT2D eigenvalue weighted by Crippen LogP contribution is -2.11. The summed E-state index contributed by atoms with van der Waals surface area (Å²) in [5.41, 5.74) is 2.58. The Morgan fingerprint density at radius 1 is 1.10 bits per heavy atom. The van der Waals surface area contributed by atoms with Crippen molar-refractivity contribution >= 4 is 19.0 Å². The number of ketones is 1. The highest BCUT2D eigenvalue weighted by Gasteiger charge is 2.20. The van der Waals surface area contributed by atoms with Crippen molar-refractivity contribution in [3.8, 4) is 5.75 Å². The number of rotatable bonds is 6. The van der Waals surface area contributed by atoms with Crippen LogP contribution in [0.2, 0.25) is 13.1 Å². The van der Waals surface area contributed by atoms with Crippen molar-refractivity contribution in [3.05, 3.63) is 28.8 Å². The van der Waals surface area contributed by atoms with Crippen LogP contribution in [0.5, 0.6) is 5.75 Å². The average molecular weight is 288 g/mol. The van der Waals surface area contributed by atoms with Crippen LogP contribution in [0.4, 0.5) is 0 Å². The minimum atomic E-state index is -0.327. The van der Waals surface area contributed by atoms with Gasteiger partial charge in [0.25, 0.3) is 0 Å². The highest BCUT2D eigenvalue weighted by molar-refractivity contribution is 6.41. The Morgan fingerprint density at radius 3 is 1.90 bits per heavy atom. The summed E-state index contributed by atoms with van der Waals surface area (Å²) < 4.78 is 5.44. The second-order valence-electron chi connectivity index (χ2n) is 6.06. The Morgan fingerprint density at radius 2 is 1.57 bits per heavy atom. The molecule has 3 nitrogen and oxygen atoms in total. The Bertz CT molecular complexity index is 504. The molecule has 0 unspecified atom stereocenters. The lowest BCUT2D eigenvalue weighted by Gasteiger charge is -2.20. The standard InChI is InChI=1S/C17H25BO3/c1-10(2)14-7-13(16(20)9-18-6)8-15(11(3)4)17(14)21-12(5)19/h7-8,10-11,18H,9H2,1-6H3. The van der Waals surface area contributed by atoms with E-state index in [9.17, 15) is 9.59 Å². The lowest BCUT2D eigenvalue weighted by atomic mass is 9.74. The molecule has 0 radical (unpaired) electrons. The summed E-state index contributed by atoms with van der Waals surface area (Å²) >= 11 is 0. The third-order valence-electron chi connectivity index (χ3n) is 3.44. The molecule has 0 saturated heterocycles. The number of hydrogen-bond donors (Lipinski definition) is 0. The molecule has 0 heterocycles. The van der Waals surface area contributed by atoms with Gasteiger partial charge >= 0.3 is 5.97 Å². The minimum absolute atomic E-state index is 0.149.